The first-order valence-electron chi connectivity index (χ1n) is 12.5. The Bertz CT molecular complexity index is 1300. The molecule has 2 heterocycles. The maximum absolute atomic E-state index is 11.8. The van der Waals surface area contributed by atoms with Crippen LogP contribution in [-0.4, -0.2) is 34.1 Å². The van der Waals surface area contributed by atoms with Crippen molar-refractivity contribution in [2.45, 2.75) is 39.2 Å². The first-order chi connectivity index (χ1) is 17.1. The Labute approximate surface area is 232 Å². The summed E-state index contributed by atoms with van der Waals surface area (Å²) in [5, 5.41) is 1.02. The Morgan fingerprint density at radius 2 is 1.73 bits per heavy atom. The Kier molecular flexibility index (Phi) is 12.6. The lowest BCUT2D eigenvalue weighted by molar-refractivity contribution is 0.254. The summed E-state index contributed by atoms with van der Waals surface area (Å²) in [5.41, 5.74) is 4.88. The fraction of sp³-hybridized carbons (Fsp3) is 0.333. The summed E-state index contributed by atoms with van der Waals surface area (Å²) >= 11 is 0. The van der Waals surface area contributed by atoms with Crippen LogP contribution < -0.4 is 10.3 Å². The number of hydrogen-bond donors (Lipinski definition) is 0. The monoisotopic (exact) mass is 541 g/mol. The first kappa shape index (κ1) is 30.4. The van der Waals surface area contributed by atoms with Crippen molar-refractivity contribution in [3.05, 3.63) is 106 Å². The number of pyridine rings is 2. The van der Waals surface area contributed by atoms with Gasteiger partial charge in [0.2, 0.25) is 0 Å². The Balaban J connectivity index is 0.00000241. The summed E-state index contributed by atoms with van der Waals surface area (Å²) in [5.74, 6) is 0.855. The second-order valence-electron chi connectivity index (χ2n) is 9.24. The van der Waals surface area contributed by atoms with Gasteiger partial charge < -0.3 is 9.30 Å². The highest BCUT2D eigenvalue weighted by Crippen LogP contribution is 2.20. The van der Waals surface area contributed by atoms with Gasteiger partial charge in [0.25, 0.3) is 5.56 Å². The van der Waals surface area contributed by atoms with E-state index in [-0.39, 0.29) is 30.4 Å². The first-order valence-corrected chi connectivity index (χ1v) is 12.5. The molecule has 0 bridgehead atoms. The minimum Gasteiger partial charge on any atom is -0.494 e. The van der Waals surface area contributed by atoms with Crippen molar-refractivity contribution in [2.24, 2.45) is 7.05 Å². The van der Waals surface area contributed by atoms with Crippen LogP contribution in [0.2, 0.25) is 0 Å². The number of aryl methyl sites for hydroxylation is 2. The number of fused-ring (bicyclic) bond motifs is 1. The van der Waals surface area contributed by atoms with Gasteiger partial charge in [0.05, 0.1) is 12.1 Å². The van der Waals surface area contributed by atoms with Crippen molar-refractivity contribution in [3.63, 3.8) is 0 Å². The number of aromatic nitrogens is 2. The lowest BCUT2D eigenvalue weighted by Crippen LogP contribution is -2.27. The van der Waals surface area contributed by atoms with Gasteiger partial charge in [-0.1, -0.05) is 35.9 Å². The number of halogens is 2. The number of rotatable bonds is 12. The molecule has 37 heavy (non-hydrogen) atoms. The van der Waals surface area contributed by atoms with E-state index in [0.717, 1.165) is 62.0 Å². The Hall–Kier alpha value is -2.86. The van der Waals surface area contributed by atoms with Crippen molar-refractivity contribution in [1.82, 2.24) is 14.5 Å². The average molecular weight is 543 g/mol. The van der Waals surface area contributed by atoms with E-state index >= 15 is 0 Å². The molecule has 0 aliphatic heterocycles. The molecule has 0 unspecified atom stereocenters. The fourth-order valence-corrected chi connectivity index (χ4v) is 4.43. The van der Waals surface area contributed by atoms with Crippen LogP contribution in [0.25, 0.3) is 10.9 Å². The standard InChI is InChI=1S/C30H35N3O2.2ClH/c1-24-8-6-9-26(20-24)23-33(18-15-25-10-7-16-31-22-25)17-4-3-5-19-35-28-12-13-29-27(21-28)11-14-30(34)32(29)2;;/h6-14,16,20-22H,3-5,15,17-19,23H2,1-2H3;2*1H. The van der Waals surface area contributed by atoms with Crippen LogP contribution in [0.3, 0.4) is 0 Å². The third-order valence-electron chi connectivity index (χ3n) is 6.41. The topological polar surface area (TPSA) is 47.4 Å². The summed E-state index contributed by atoms with van der Waals surface area (Å²) in [7, 11) is 1.80. The lowest BCUT2D eigenvalue weighted by atomic mass is 10.1. The van der Waals surface area contributed by atoms with Gasteiger partial charge >= 0.3 is 0 Å². The highest BCUT2D eigenvalue weighted by molar-refractivity contribution is 5.85. The van der Waals surface area contributed by atoms with Crippen molar-refractivity contribution in [1.29, 1.82) is 0 Å². The van der Waals surface area contributed by atoms with Gasteiger partial charge in [-0.25, -0.2) is 0 Å². The zero-order chi connectivity index (χ0) is 24.5. The molecule has 2 aromatic carbocycles. The summed E-state index contributed by atoms with van der Waals surface area (Å²) in [6.07, 6.45) is 8.09. The van der Waals surface area contributed by atoms with Crippen molar-refractivity contribution in [2.75, 3.05) is 19.7 Å². The predicted molar refractivity (Wildman–Crippen MR) is 157 cm³/mol. The van der Waals surface area contributed by atoms with E-state index in [1.54, 1.807) is 17.7 Å². The van der Waals surface area contributed by atoms with Crippen LogP contribution in [0.15, 0.2) is 83.9 Å². The molecule has 198 valence electrons. The minimum atomic E-state index is 0. The molecule has 5 nitrogen and oxygen atoms in total. The van der Waals surface area contributed by atoms with Gasteiger partial charge in [0.15, 0.2) is 0 Å². The zero-order valence-electron chi connectivity index (χ0n) is 21.6. The molecule has 0 atom stereocenters. The van der Waals surface area contributed by atoms with Crippen molar-refractivity contribution in [3.8, 4) is 5.75 Å². The molecule has 0 saturated carbocycles. The molecule has 0 radical (unpaired) electrons. The van der Waals surface area contributed by atoms with E-state index in [9.17, 15) is 4.79 Å². The molecule has 0 aliphatic carbocycles. The minimum absolute atomic E-state index is 0. The van der Waals surface area contributed by atoms with Crippen LogP contribution in [-0.2, 0) is 20.0 Å². The van der Waals surface area contributed by atoms with Gasteiger partial charge in [0, 0.05) is 44.0 Å². The van der Waals surface area contributed by atoms with E-state index in [0.29, 0.717) is 6.61 Å². The molecule has 0 saturated heterocycles. The molecule has 7 heteroatoms. The smallest absolute Gasteiger partial charge is 0.250 e. The molecule has 4 rings (SSSR count). The van der Waals surface area contributed by atoms with Gasteiger partial charge in [-0.15, -0.1) is 24.8 Å². The maximum Gasteiger partial charge on any atom is 0.250 e. The second kappa shape index (κ2) is 15.4. The van der Waals surface area contributed by atoms with Crippen molar-refractivity contribution < 1.29 is 4.74 Å². The summed E-state index contributed by atoms with van der Waals surface area (Å²) in [6, 6.07) is 22.3. The molecule has 0 amide bonds. The molecule has 4 aromatic rings. The largest absolute Gasteiger partial charge is 0.494 e. The maximum atomic E-state index is 11.8. The van der Waals surface area contributed by atoms with E-state index in [2.05, 4.69) is 47.1 Å². The number of benzene rings is 2. The van der Waals surface area contributed by atoms with Gasteiger partial charge in [-0.3, -0.25) is 14.7 Å². The van der Waals surface area contributed by atoms with Crippen molar-refractivity contribution >= 4 is 35.7 Å². The molecule has 0 fully saturated rings. The van der Waals surface area contributed by atoms with Gasteiger partial charge in [0.1, 0.15) is 5.75 Å². The highest BCUT2D eigenvalue weighted by atomic mass is 35.5. The van der Waals surface area contributed by atoms with Crippen LogP contribution in [0.4, 0.5) is 0 Å². The predicted octanol–water partition coefficient (Wildman–Crippen LogP) is 6.38. The van der Waals surface area contributed by atoms with Gasteiger partial charge in [-0.05, 0) is 80.6 Å². The zero-order valence-corrected chi connectivity index (χ0v) is 23.3. The third-order valence-corrected chi connectivity index (χ3v) is 6.41. The molecular formula is C30H37Cl2N3O2. The Morgan fingerprint density at radius 3 is 2.51 bits per heavy atom. The van der Waals surface area contributed by atoms with Crippen LogP contribution in [0, 0.1) is 6.92 Å². The molecule has 0 aliphatic rings. The number of ether oxygens (including phenoxy) is 1. The van der Waals surface area contributed by atoms with Crippen LogP contribution in [0.1, 0.15) is 36.0 Å². The normalized spacial score (nSPS) is 10.7. The Morgan fingerprint density at radius 1 is 0.892 bits per heavy atom. The molecule has 2 aromatic heterocycles. The van der Waals surface area contributed by atoms with E-state index in [4.69, 9.17) is 4.74 Å². The fourth-order valence-electron chi connectivity index (χ4n) is 4.43. The third kappa shape index (κ3) is 9.19. The molecule has 0 spiro atoms. The quantitative estimate of drug-likeness (QED) is 0.195. The molecular weight excluding hydrogens is 505 g/mol. The van der Waals surface area contributed by atoms with E-state index < -0.39 is 0 Å². The van der Waals surface area contributed by atoms with E-state index in [1.807, 2.05) is 42.7 Å². The summed E-state index contributed by atoms with van der Waals surface area (Å²) in [6.45, 7) is 5.91. The number of hydrogen-bond acceptors (Lipinski definition) is 4. The summed E-state index contributed by atoms with van der Waals surface area (Å²) in [4.78, 5) is 18.6. The van der Waals surface area contributed by atoms with E-state index in [1.165, 1.54) is 16.7 Å². The number of unbranched alkanes of at least 4 members (excludes halogenated alkanes) is 2. The highest BCUT2D eigenvalue weighted by Gasteiger charge is 2.08. The molecule has 0 N–H and O–H groups in total. The lowest BCUT2D eigenvalue weighted by Gasteiger charge is -2.23. The SMILES string of the molecule is Cc1cccc(CN(CCCCCOc2ccc3c(ccc(=O)n3C)c2)CCc2cccnc2)c1.Cl.Cl. The van der Waals surface area contributed by atoms with Gasteiger partial charge in [-0.2, -0.15) is 0 Å². The second-order valence-corrected chi connectivity index (χ2v) is 9.24. The average Bonchev–Trinajstić information content (AvgIpc) is 2.87. The van der Waals surface area contributed by atoms with Crippen LogP contribution >= 0.6 is 24.8 Å². The summed E-state index contributed by atoms with van der Waals surface area (Å²) < 4.78 is 7.66. The van der Waals surface area contributed by atoms with Crippen LogP contribution in [0.5, 0.6) is 5.75 Å². The number of nitrogens with zero attached hydrogens (tertiary/aromatic N) is 3.